The van der Waals surface area contributed by atoms with Gasteiger partial charge in [-0.05, 0) is 35.1 Å². The van der Waals surface area contributed by atoms with Gasteiger partial charge in [0, 0.05) is 21.9 Å². The van der Waals surface area contributed by atoms with Crippen LogP contribution in [0.25, 0.3) is 33.7 Å². The van der Waals surface area contributed by atoms with Crippen molar-refractivity contribution in [3.8, 4) is 22.5 Å². The van der Waals surface area contributed by atoms with Crippen molar-refractivity contribution in [2.45, 2.75) is 0 Å². The van der Waals surface area contributed by atoms with Crippen molar-refractivity contribution in [3.05, 3.63) is 43.1 Å². The molecule has 4 aromatic rings. The highest BCUT2D eigenvalue weighted by Gasteiger charge is 2.15. The van der Waals surface area contributed by atoms with E-state index in [0.29, 0.717) is 20.6 Å². The van der Waals surface area contributed by atoms with Crippen molar-refractivity contribution < 1.29 is 0 Å². The molecule has 0 aliphatic carbocycles. The number of fused-ring (bicyclic) bond motifs is 1. The van der Waals surface area contributed by atoms with Crippen LogP contribution in [-0.2, 0) is 0 Å². The number of H-pyrrole nitrogens is 2. The summed E-state index contributed by atoms with van der Waals surface area (Å²) in [7, 11) is 0. The van der Waals surface area contributed by atoms with E-state index in [1.54, 1.807) is 22.7 Å². The molecule has 2 N–H and O–H groups in total. The summed E-state index contributed by atoms with van der Waals surface area (Å²) in [5, 5.41) is 8.17. The van der Waals surface area contributed by atoms with Gasteiger partial charge in [0.05, 0.1) is 11.4 Å². The normalized spacial score (nSPS) is 11.1. The van der Waals surface area contributed by atoms with Crippen molar-refractivity contribution in [1.29, 1.82) is 0 Å². The van der Waals surface area contributed by atoms with Gasteiger partial charge in [-0.1, -0.05) is 12.2 Å². The largest absolute Gasteiger partial charge is 0.322 e. The monoisotopic (exact) mass is 360 g/mol. The third-order valence-electron chi connectivity index (χ3n) is 3.16. The number of aromatic amines is 2. The zero-order chi connectivity index (χ0) is 15.1. The Morgan fingerprint density at radius 1 is 0.864 bits per heavy atom. The smallest absolute Gasteiger partial charge is 0.177 e. The Labute approximate surface area is 143 Å². The number of thiophene rings is 2. The molecule has 0 unspecified atom stereocenters. The quantitative estimate of drug-likeness (QED) is 0.482. The van der Waals surface area contributed by atoms with E-state index in [1.807, 2.05) is 22.9 Å². The van der Waals surface area contributed by atoms with Gasteiger partial charge < -0.3 is 9.97 Å². The van der Waals surface area contributed by atoms with E-state index in [1.165, 1.54) is 0 Å². The number of nitrogens with zero attached hydrogens (tertiary/aromatic N) is 2. The number of aromatic nitrogens is 4. The fourth-order valence-electron chi connectivity index (χ4n) is 2.18. The highest BCUT2D eigenvalue weighted by atomic mass is 32.1. The summed E-state index contributed by atoms with van der Waals surface area (Å²) in [5.41, 5.74) is 4.98. The van der Waals surface area contributed by atoms with Gasteiger partial charge in [0.15, 0.2) is 10.4 Å². The lowest BCUT2D eigenvalue weighted by Gasteiger charge is -2.07. The van der Waals surface area contributed by atoms with Gasteiger partial charge in [-0.2, -0.15) is 22.7 Å². The summed E-state index contributed by atoms with van der Waals surface area (Å²) >= 11 is 13.7. The summed E-state index contributed by atoms with van der Waals surface area (Å²) in [6, 6.07) is 4.07. The first-order valence-electron chi connectivity index (χ1n) is 6.32. The predicted octanol–water partition coefficient (Wildman–Crippen LogP) is 5.20. The Hall–Kier alpha value is -1.74. The first-order chi connectivity index (χ1) is 10.7. The van der Waals surface area contributed by atoms with E-state index < -0.39 is 0 Å². The topological polar surface area (TPSA) is 57.4 Å². The molecule has 0 radical (unpaired) electrons. The molecule has 0 aliphatic heterocycles. The lowest BCUT2D eigenvalue weighted by atomic mass is 10.1. The molecule has 0 bridgehead atoms. The molecule has 4 aromatic heterocycles. The van der Waals surface area contributed by atoms with Crippen LogP contribution in [0.2, 0.25) is 0 Å². The summed E-state index contributed by atoms with van der Waals surface area (Å²) in [4.78, 5) is 15.4. The van der Waals surface area contributed by atoms with Crippen LogP contribution in [0, 0.1) is 9.41 Å². The maximum absolute atomic E-state index is 5.33. The van der Waals surface area contributed by atoms with Crippen LogP contribution in [0.1, 0.15) is 0 Å². The van der Waals surface area contributed by atoms with Crippen LogP contribution in [0.5, 0.6) is 0 Å². The molecule has 0 saturated heterocycles. The summed E-state index contributed by atoms with van der Waals surface area (Å²) in [6.45, 7) is 0. The van der Waals surface area contributed by atoms with Crippen molar-refractivity contribution in [1.82, 2.24) is 19.9 Å². The lowest BCUT2D eigenvalue weighted by Crippen LogP contribution is -1.98. The maximum atomic E-state index is 5.33. The number of hydrogen-bond acceptors (Lipinski definition) is 6. The fourth-order valence-corrected chi connectivity index (χ4v) is 3.97. The van der Waals surface area contributed by atoms with Crippen LogP contribution in [0.15, 0.2) is 33.7 Å². The molecule has 0 amide bonds. The van der Waals surface area contributed by atoms with Crippen molar-refractivity contribution >= 4 is 58.3 Å². The second kappa shape index (κ2) is 5.47. The second-order valence-corrected chi connectivity index (χ2v) is 6.93. The lowest BCUT2D eigenvalue weighted by molar-refractivity contribution is 1.11. The Balaban J connectivity index is 2.13. The molecular weight excluding hydrogens is 352 g/mol. The minimum Gasteiger partial charge on any atom is -0.322 e. The van der Waals surface area contributed by atoms with Gasteiger partial charge in [0.25, 0.3) is 0 Å². The van der Waals surface area contributed by atoms with Crippen LogP contribution in [0.3, 0.4) is 0 Å². The van der Waals surface area contributed by atoms with Gasteiger partial charge in [-0.25, -0.2) is 9.97 Å². The first kappa shape index (κ1) is 13.9. The maximum Gasteiger partial charge on any atom is 0.177 e. The number of rotatable bonds is 2. The standard InChI is InChI=1S/C14H8N4S4/c19-13-11-12(17-14(20)18-13)16-10(8-2-4-22-6-8)9(15-11)7-1-3-21-5-7/h1-6H,(H2,16,17,18,19,20). The van der Waals surface area contributed by atoms with Crippen molar-refractivity contribution in [3.63, 3.8) is 0 Å². The highest BCUT2D eigenvalue weighted by Crippen LogP contribution is 2.32. The van der Waals surface area contributed by atoms with Gasteiger partial charge in [0.1, 0.15) is 10.2 Å². The molecule has 0 aliphatic rings. The highest BCUT2D eigenvalue weighted by molar-refractivity contribution is 7.72. The molecule has 108 valence electrons. The van der Waals surface area contributed by atoms with Crippen molar-refractivity contribution in [2.75, 3.05) is 0 Å². The SMILES string of the molecule is S=c1[nH]c(=S)c2nc(-c3ccsc3)c(-c3ccsc3)nc2[nH]1. The van der Waals surface area contributed by atoms with E-state index in [-0.39, 0.29) is 0 Å². The zero-order valence-electron chi connectivity index (χ0n) is 11.0. The van der Waals surface area contributed by atoms with E-state index in [0.717, 1.165) is 22.5 Å². The number of hydrogen-bond donors (Lipinski definition) is 2. The average molecular weight is 361 g/mol. The van der Waals surface area contributed by atoms with Crippen molar-refractivity contribution in [2.24, 2.45) is 0 Å². The number of nitrogens with one attached hydrogen (secondary N) is 2. The third kappa shape index (κ3) is 2.34. The molecule has 0 fully saturated rings. The Kier molecular flexibility index (Phi) is 3.45. The molecule has 4 rings (SSSR count). The van der Waals surface area contributed by atoms with E-state index in [2.05, 4.69) is 20.7 Å². The molecule has 8 heteroatoms. The molecule has 0 saturated carbocycles. The zero-order valence-corrected chi connectivity index (χ0v) is 14.3. The van der Waals surface area contributed by atoms with Crippen LogP contribution in [0.4, 0.5) is 0 Å². The molecule has 4 heterocycles. The van der Waals surface area contributed by atoms with E-state index in [9.17, 15) is 0 Å². The molecule has 0 atom stereocenters. The first-order valence-corrected chi connectivity index (χ1v) is 9.02. The van der Waals surface area contributed by atoms with Gasteiger partial charge in [0.2, 0.25) is 0 Å². The molecular formula is C14H8N4S4. The summed E-state index contributed by atoms with van der Waals surface area (Å²) in [5.74, 6) is 0. The molecule has 0 spiro atoms. The van der Waals surface area contributed by atoms with Crippen LogP contribution in [-0.4, -0.2) is 19.9 Å². The predicted molar refractivity (Wildman–Crippen MR) is 96.5 cm³/mol. The fraction of sp³-hybridized carbons (Fsp3) is 0. The van der Waals surface area contributed by atoms with E-state index in [4.69, 9.17) is 34.4 Å². The summed E-state index contributed by atoms with van der Waals surface area (Å²) < 4.78 is 0.950. The van der Waals surface area contributed by atoms with Gasteiger partial charge >= 0.3 is 0 Å². The Morgan fingerprint density at radius 2 is 1.50 bits per heavy atom. The third-order valence-corrected chi connectivity index (χ3v) is 5.03. The minimum atomic E-state index is 0.450. The summed E-state index contributed by atoms with van der Waals surface area (Å²) in [6.07, 6.45) is 0. The average Bonchev–Trinajstić information content (AvgIpc) is 3.19. The second-order valence-electron chi connectivity index (χ2n) is 4.55. The molecule has 22 heavy (non-hydrogen) atoms. The minimum absolute atomic E-state index is 0.450. The molecule has 0 aromatic carbocycles. The van der Waals surface area contributed by atoms with Gasteiger partial charge in [-0.3, -0.25) is 0 Å². The molecule has 4 nitrogen and oxygen atoms in total. The Bertz CT molecular complexity index is 1060. The van der Waals surface area contributed by atoms with E-state index >= 15 is 0 Å². The van der Waals surface area contributed by atoms with Crippen LogP contribution >= 0.6 is 47.1 Å². The van der Waals surface area contributed by atoms with Gasteiger partial charge in [-0.15, -0.1) is 0 Å². The Morgan fingerprint density at radius 3 is 2.09 bits per heavy atom. The van der Waals surface area contributed by atoms with Crippen LogP contribution < -0.4 is 0 Å².